The molecule has 1 aliphatic rings. The zero-order chi connectivity index (χ0) is 11.8. The molecule has 1 atom stereocenters. The van der Waals surface area contributed by atoms with E-state index in [1.165, 1.54) is 5.69 Å². The third kappa shape index (κ3) is 1.92. The Balaban J connectivity index is 2.09. The summed E-state index contributed by atoms with van der Waals surface area (Å²) in [4.78, 5) is 6.79. The molecular formula is C12H13IN4. The first-order valence-corrected chi connectivity index (χ1v) is 6.78. The van der Waals surface area contributed by atoms with E-state index in [1.807, 2.05) is 10.7 Å². The van der Waals surface area contributed by atoms with Crippen molar-refractivity contribution >= 4 is 34.2 Å². The van der Waals surface area contributed by atoms with Crippen LogP contribution < -0.4 is 4.90 Å². The number of aromatic nitrogens is 3. The topological polar surface area (TPSA) is 34.0 Å². The van der Waals surface area contributed by atoms with Crippen molar-refractivity contribution in [3.8, 4) is 0 Å². The van der Waals surface area contributed by atoms with Gasteiger partial charge in [-0.2, -0.15) is 4.98 Å². The van der Waals surface area contributed by atoms with Gasteiger partial charge < -0.3 is 4.90 Å². The van der Waals surface area contributed by atoms with Gasteiger partial charge in [-0.15, -0.1) is 5.10 Å². The van der Waals surface area contributed by atoms with Crippen LogP contribution in [0.2, 0.25) is 0 Å². The highest BCUT2D eigenvalue weighted by Gasteiger charge is 2.27. The van der Waals surface area contributed by atoms with Gasteiger partial charge in [-0.1, -0.05) is 18.2 Å². The minimum absolute atomic E-state index is 0.463. The van der Waals surface area contributed by atoms with Gasteiger partial charge in [0.05, 0.1) is 0 Å². The van der Waals surface area contributed by atoms with Gasteiger partial charge in [-0.05, 0) is 25.5 Å². The largest absolute Gasteiger partial charge is 0.308 e. The van der Waals surface area contributed by atoms with Crippen LogP contribution in [0.5, 0.6) is 0 Å². The molecule has 0 unspecified atom stereocenters. The first-order valence-electron chi connectivity index (χ1n) is 5.70. The van der Waals surface area contributed by atoms with E-state index in [0.29, 0.717) is 6.04 Å². The van der Waals surface area contributed by atoms with E-state index in [2.05, 4.69) is 68.8 Å². The summed E-state index contributed by atoms with van der Waals surface area (Å²) in [6.45, 7) is 3.19. The van der Waals surface area contributed by atoms with Crippen molar-refractivity contribution in [2.24, 2.45) is 0 Å². The number of para-hydroxylation sites is 1. The molecule has 0 saturated carbocycles. The quantitative estimate of drug-likeness (QED) is 0.749. The Hall–Kier alpha value is -1.11. The minimum Gasteiger partial charge on any atom is -0.308 e. The number of halogens is 1. The van der Waals surface area contributed by atoms with Gasteiger partial charge in [-0.3, -0.25) is 0 Å². The Morgan fingerprint density at radius 1 is 1.29 bits per heavy atom. The second kappa shape index (κ2) is 4.29. The number of rotatable bonds is 1. The van der Waals surface area contributed by atoms with Crippen LogP contribution in [-0.4, -0.2) is 20.8 Å². The molecule has 3 rings (SSSR count). The molecule has 5 heteroatoms. The standard InChI is InChI=1S/C12H13IN4/c1-9-7-8-16-12(14-11(13)15-16)17(9)10-5-3-2-4-6-10/h2-6,9H,7-8H2,1H3/t9-/m0/s1. The number of hydrogen-bond acceptors (Lipinski definition) is 3. The van der Waals surface area contributed by atoms with Crippen molar-refractivity contribution in [2.45, 2.75) is 25.9 Å². The normalized spacial score (nSPS) is 19.2. The van der Waals surface area contributed by atoms with Gasteiger partial charge >= 0.3 is 0 Å². The molecule has 2 heterocycles. The van der Waals surface area contributed by atoms with Crippen LogP contribution in [0.15, 0.2) is 30.3 Å². The Morgan fingerprint density at radius 2 is 2.06 bits per heavy atom. The Kier molecular flexibility index (Phi) is 2.78. The lowest BCUT2D eigenvalue weighted by Crippen LogP contribution is -2.36. The van der Waals surface area contributed by atoms with E-state index in [1.54, 1.807) is 0 Å². The molecule has 0 N–H and O–H groups in total. The second-order valence-electron chi connectivity index (χ2n) is 4.25. The molecule has 0 aliphatic carbocycles. The predicted octanol–water partition coefficient (Wildman–Crippen LogP) is 2.81. The van der Waals surface area contributed by atoms with Crippen molar-refractivity contribution in [3.63, 3.8) is 0 Å². The fraction of sp³-hybridized carbons (Fsp3) is 0.333. The van der Waals surface area contributed by atoms with E-state index in [4.69, 9.17) is 0 Å². The van der Waals surface area contributed by atoms with Crippen molar-refractivity contribution in [2.75, 3.05) is 4.90 Å². The zero-order valence-corrected chi connectivity index (χ0v) is 11.7. The molecule has 0 radical (unpaired) electrons. The van der Waals surface area contributed by atoms with Crippen LogP contribution >= 0.6 is 22.6 Å². The van der Waals surface area contributed by atoms with Crippen LogP contribution in [0, 0.1) is 3.83 Å². The third-order valence-corrected chi connectivity index (χ3v) is 3.53. The molecule has 1 aliphatic heterocycles. The molecule has 17 heavy (non-hydrogen) atoms. The SMILES string of the molecule is C[C@H]1CCn2nc(I)nc2N1c1ccccc1. The summed E-state index contributed by atoms with van der Waals surface area (Å²) in [5.74, 6) is 0.958. The summed E-state index contributed by atoms with van der Waals surface area (Å²) in [6.07, 6.45) is 1.10. The zero-order valence-electron chi connectivity index (χ0n) is 9.55. The van der Waals surface area contributed by atoms with Gasteiger partial charge in [-0.25, -0.2) is 4.68 Å². The van der Waals surface area contributed by atoms with Crippen molar-refractivity contribution in [1.29, 1.82) is 0 Å². The van der Waals surface area contributed by atoms with Gasteiger partial charge in [0.2, 0.25) is 9.78 Å². The van der Waals surface area contributed by atoms with Crippen molar-refractivity contribution in [3.05, 3.63) is 34.2 Å². The maximum atomic E-state index is 4.52. The van der Waals surface area contributed by atoms with Crippen LogP contribution in [0.3, 0.4) is 0 Å². The van der Waals surface area contributed by atoms with E-state index >= 15 is 0 Å². The Labute approximate surface area is 114 Å². The van der Waals surface area contributed by atoms with Gasteiger partial charge in [0, 0.05) is 40.9 Å². The van der Waals surface area contributed by atoms with E-state index in [-0.39, 0.29) is 0 Å². The third-order valence-electron chi connectivity index (χ3n) is 3.08. The highest BCUT2D eigenvalue weighted by molar-refractivity contribution is 14.1. The maximum absolute atomic E-state index is 4.52. The van der Waals surface area contributed by atoms with Gasteiger partial charge in [0.25, 0.3) is 0 Å². The lowest BCUT2D eigenvalue weighted by Gasteiger charge is -2.33. The van der Waals surface area contributed by atoms with Crippen LogP contribution in [-0.2, 0) is 6.54 Å². The highest BCUT2D eigenvalue weighted by Crippen LogP contribution is 2.31. The van der Waals surface area contributed by atoms with Gasteiger partial charge in [0.15, 0.2) is 0 Å². The molecular weight excluding hydrogens is 327 g/mol. The molecule has 0 amide bonds. The van der Waals surface area contributed by atoms with Gasteiger partial charge in [0.1, 0.15) is 0 Å². The minimum atomic E-state index is 0.463. The fourth-order valence-electron chi connectivity index (χ4n) is 2.23. The summed E-state index contributed by atoms with van der Waals surface area (Å²) in [7, 11) is 0. The van der Waals surface area contributed by atoms with E-state index in [0.717, 1.165) is 22.7 Å². The first kappa shape index (κ1) is 11.0. The molecule has 0 fully saturated rings. The molecule has 88 valence electrons. The van der Waals surface area contributed by atoms with Crippen LogP contribution in [0.1, 0.15) is 13.3 Å². The molecule has 2 aromatic rings. The molecule has 0 saturated heterocycles. The molecule has 1 aromatic carbocycles. The van der Waals surface area contributed by atoms with Crippen LogP contribution in [0.25, 0.3) is 0 Å². The predicted molar refractivity (Wildman–Crippen MR) is 75.4 cm³/mol. The number of anilines is 2. The second-order valence-corrected chi connectivity index (χ2v) is 5.21. The monoisotopic (exact) mass is 340 g/mol. The van der Waals surface area contributed by atoms with Crippen LogP contribution in [0.4, 0.5) is 11.6 Å². The van der Waals surface area contributed by atoms with Crippen molar-refractivity contribution < 1.29 is 0 Å². The summed E-state index contributed by atoms with van der Waals surface area (Å²) < 4.78 is 2.81. The average molecular weight is 340 g/mol. The molecule has 0 bridgehead atoms. The number of hydrogen-bond donors (Lipinski definition) is 0. The number of fused-ring (bicyclic) bond motifs is 1. The number of nitrogens with zero attached hydrogens (tertiary/aromatic N) is 4. The summed E-state index contributed by atoms with van der Waals surface area (Å²) >= 11 is 2.17. The number of aryl methyl sites for hydroxylation is 1. The summed E-state index contributed by atoms with van der Waals surface area (Å²) in [5, 5.41) is 4.41. The molecule has 0 spiro atoms. The first-order chi connectivity index (χ1) is 8.25. The Morgan fingerprint density at radius 3 is 2.82 bits per heavy atom. The molecule has 1 aromatic heterocycles. The average Bonchev–Trinajstić information content (AvgIpc) is 2.70. The fourth-order valence-corrected chi connectivity index (χ4v) is 2.71. The number of benzene rings is 1. The summed E-state index contributed by atoms with van der Waals surface area (Å²) in [6, 6.07) is 10.9. The lowest BCUT2D eigenvalue weighted by molar-refractivity contribution is 0.473. The van der Waals surface area contributed by atoms with E-state index < -0.39 is 0 Å². The van der Waals surface area contributed by atoms with E-state index in [9.17, 15) is 0 Å². The molecule has 4 nitrogen and oxygen atoms in total. The van der Waals surface area contributed by atoms with Crippen molar-refractivity contribution in [1.82, 2.24) is 14.8 Å². The maximum Gasteiger partial charge on any atom is 0.229 e. The lowest BCUT2D eigenvalue weighted by atomic mass is 10.1. The highest BCUT2D eigenvalue weighted by atomic mass is 127. The summed E-state index contributed by atoms with van der Waals surface area (Å²) in [5.41, 5.74) is 1.18. The smallest absolute Gasteiger partial charge is 0.229 e. The Bertz CT molecular complexity index is 523.